The van der Waals surface area contributed by atoms with Crippen molar-refractivity contribution in [2.75, 3.05) is 7.11 Å². The van der Waals surface area contributed by atoms with E-state index in [9.17, 15) is 0 Å². The minimum absolute atomic E-state index is 0.598. The molecule has 0 amide bonds. The number of aromatic nitrogens is 1. The zero-order chi connectivity index (χ0) is 11.4. The Morgan fingerprint density at radius 1 is 1.38 bits per heavy atom. The molecule has 2 aromatic rings. The van der Waals surface area contributed by atoms with E-state index in [0.717, 1.165) is 22.0 Å². The van der Waals surface area contributed by atoms with Gasteiger partial charge in [0.1, 0.15) is 10.8 Å². The molecule has 0 fully saturated rings. The van der Waals surface area contributed by atoms with Crippen LogP contribution in [-0.4, -0.2) is 12.1 Å². The van der Waals surface area contributed by atoms with E-state index in [0.29, 0.717) is 6.54 Å². The van der Waals surface area contributed by atoms with E-state index in [-0.39, 0.29) is 0 Å². The molecule has 2 rings (SSSR count). The SMILES string of the molecule is COc1ccc(-c2csc(CNN)n2)cc1. The summed E-state index contributed by atoms with van der Waals surface area (Å²) in [5, 5.41) is 3.00. The minimum Gasteiger partial charge on any atom is -0.497 e. The van der Waals surface area contributed by atoms with Crippen molar-refractivity contribution in [2.24, 2.45) is 5.84 Å². The highest BCUT2D eigenvalue weighted by atomic mass is 32.1. The molecule has 0 aliphatic rings. The maximum Gasteiger partial charge on any atom is 0.118 e. The van der Waals surface area contributed by atoms with Crippen molar-refractivity contribution in [3.63, 3.8) is 0 Å². The normalized spacial score (nSPS) is 10.4. The van der Waals surface area contributed by atoms with Crippen molar-refractivity contribution >= 4 is 11.3 Å². The van der Waals surface area contributed by atoms with Gasteiger partial charge in [-0.25, -0.2) is 4.98 Å². The highest BCUT2D eigenvalue weighted by molar-refractivity contribution is 7.09. The molecule has 0 saturated heterocycles. The first-order chi connectivity index (χ1) is 7.83. The molecular formula is C11H13N3OS. The van der Waals surface area contributed by atoms with Crippen molar-refractivity contribution in [3.05, 3.63) is 34.7 Å². The molecule has 84 valence electrons. The Balaban J connectivity index is 2.21. The van der Waals surface area contributed by atoms with E-state index in [2.05, 4.69) is 10.4 Å². The molecule has 0 bridgehead atoms. The molecule has 3 N–H and O–H groups in total. The quantitative estimate of drug-likeness (QED) is 0.626. The van der Waals surface area contributed by atoms with E-state index >= 15 is 0 Å². The lowest BCUT2D eigenvalue weighted by molar-refractivity contribution is 0.415. The first-order valence-electron chi connectivity index (χ1n) is 4.86. The van der Waals surface area contributed by atoms with Gasteiger partial charge in [0, 0.05) is 10.9 Å². The Kier molecular flexibility index (Phi) is 3.51. The molecule has 1 aromatic carbocycles. The van der Waals surface area contributed by atoms with Crippen LogP contribution in [0.1, 0.15) is 5.01 Å². The van der Waals surface area contributed by atoms with E-state index in [1.807, 2.05) is 29.6 Å². The lowest BCUT2D eigenvalue weighted by atomic mass is 10.2. The highest BCUT2D eigenvalue weighted by Crippen LogP contribution is 2.23. The topological polar surface area (TPSA) is 60.2 Å². The Morgan fingerprint density at radius 2 is 2.12 bits per heavy atom. The molecule has 1 heterocycles. The molecule has 0 radical (unpaired) electrons. The van der Waals surface area contributed by atoms with Gasteiger partial charge in [0.15, 0.2) is 0 Å². The number of thiazole rings is 1. The van der Waals surface area contributed by atoms with Crippen molar-refractivity contribution in [1.29, 1.82) is 0 Å². The first kappa shape index (κ1) is 11.1. The summed E-state index contributed by atoms with van der Waals surface area (Å²) in [6.07, 6.45) is 0. The van der Waals surface area contributed by atoms with Crippen LogP contribution < -0.4 is 16.0 Å². The number of nitrogens with one attached hydrogen (secondary N) is 1. The molecule has 1 aromatic heterocycles. The number of nitrogens with zero attached hydrogens (tertiary/aromatic N) is 1. The first-order valence-corrected chi connectivity index (χ1v) is 5.73. The second-order valence-corrected chi connectivity index (χ2v) is 4.18. The largest absolute Gasteiger partial charge is 0.497 e. The van der Waals surface area contributed by atoms with Gasteiger partial charge in [0.2, 0.25) is 0 Å². The lowest BCUT2D eigenvalue weighted by Gasteiger charge is -2.00. The van der Waals surface area contributed by atoms with E-state index in [1.165, 1.54) is 0 Å². The van der Waals surface area contributed by atoms with Gasteiger partial charge in [-0.3, -0.25) is 11.3 Å². The number of ether oxygens (including phenoxy) is 1. The average Bonchev–Trinajstić information content (AvgIpc) is 2.78. The third kappa shape index (κ3) is 2.38. The summed E-state index contributed by atoms with van der Waals surface area (Å²) in [6, 6.07) is 7.84. The van der Waals surface area contributed by atoms with Gasteiger partial charge in [0.25, 0.3) is 0 Å². The molecule has 0 spiro atoms. The predicted octanol–water partition coefficient (Wildman–Crippen LogP) is 1.78. The summed E-state index contributed by atoms with van der Waals surface area (Å²) in [7, 11) is 1.66. The monoisotopic (exact) mass is 235 g/mol. The summed E-state index contributed by atoms with van der Waals surface area (Å²) < 4.78 is 5.10. The number of hydrogen-bond donors (Lipinski definition) is 2. The van der Waals surface area contributed by atoms with Gasteiger partial charge in [-0.2, -0.15) is 0 Å². The number of benzene rings is 1. The van der Waals surface area contributed by atoms with Gasteiger partial charge >= 0.3 is 0 Å². The van der Waals surface area contributed by atoms with Gasteiger partial charge in [-0.15, -0.1) is 11.3 Å². The maximum atomic E-state index is 5.25. The van der Waals surface area contributed by atoms with Crippen LogP contribution in [0.5, 0.6) is 5.75 Å². The lowest BCUT2D eigenvalue weighted by Crippen LogP contribution is -2.20. The van der Waals surface area contributed by atoms with E-state index < -0.39 is 0 Å². The minimum atomic E-state index is 0.598. The fraction of sp³-hybridized carbons (Fsp3) is 0.182. The Hall–Kier alpha value is -1.43. The fourth-order valence-electron chi connectivity index (χ4n) is 1.37. The summed E-state index contributed by atoms with van der Waals surface area (Å²) in [5.41, 5.74) is 4.65. The molecule has 16 heavy (non-hydrogen) atoms. The third-order valence-electron chi connectivity index (χ3n) is 2.19. The molecule has 0 unspecified atom stereocenters. The standard InChI is InChI=1S/C11H13N3OS/c1-15-9-4-2-8(3-5-9)10-7-16-11(14-10)6-13-12/h2-5,7,13H,6,12H2,1H3. The van der Waals surface area contributed by atoms with Crippen molar-refractivity contribution in [3.8, 4) is 17.0 Å². The molecule has 0 saturated carbocycles. The molecule has 5 heteroatoms. The second kappa shape index (κ2) is 5.07. The van der Waals surface area contributed by atoms with Crippen LogP contribution in [0.25, 0.3) is 11.3 Å². The molecule has 4 nitrogen and oxygen atoms in total. The van der Waals surface area contributed by atoms with Gasteiger partial charge < -0.3 is 4.74 Å². The predicted molar refractivity (Wildman–Crippen MR) is 65.1 cm³/mol. The number of hydrogen-bond acceptors (Lipinski definition) is 5. The Bertz CT molecular complexity index is 453. The molecular weight excluding hydrogens is 222 g/mol. The van der Waals surface area contributed by atoms with Crippen molar-refractivity contribution in [2.45, 2.75) is 6.54 Å². The molecule has 0 atom stereocenters. The smallest absolute Gasteiger partial charge is 0.118 e. The zero-order valence-electron chi connectivity index (χ0n) is 8.93. The molecule has 0 aliphatic heterocycles. The average molecular weight is 235 g/mol. The number of methoxy groups -OCH3 is 1. The third-order valence-corrected chi connectivity index (χ3v) is 3.04. The summed E-state index contributed by atoms with van der Waals surface area (Å²) in [5.74, 6) is 6.10. The Labute approximate surface area is 98.1 Å². The summed E-state index contributed by atoms with van der Waals surface area (Å²) >= 11 is 1.59. The highest BCUT2D eigenvalue weighted by Gasteiger charge is 2.03. The fourth-order valence-corrected chi connectivity index (χ4v) is 2.13. The van der Waals surface area contributed by atoms with Crippen LogP contribution in [0.3, 0.4) is 0 Å². The maximum absolute atomic E-state index is 5.25. The van der Waals surface area contributed by atoms with Gasteiger partial charge in [-0.05, 0) is 24.3 Å². The number of rotatable bonds is 4. The summed E-state index contributed by atoms with van der Waals surface area (Å²) in [4.78, 5) is 4.46. The van der Waals surface area contributed by atoms with Crippen LogP contribution in [0.4, 0.5) is 0 Å². The van der Waals surface area contributed by atoms with Crippen LogP contribution in [-0.2, 0) is 6.54 Å². The summed E-state index contributed by atoms with van der Waals surface area (Å²) in [6.45, 7) is 0.598. The van der Waals surface area contributed by atoms with Crippen molar-refractivity contribution in [1.82, 2.24) is 10.4 Å². The zero-order valence-corrected chi connectivity index (χ0v) is 9.75. The van der Waals surface area contributed by atoms with Crippen LogP contribution in [0.15, 0.2) is 29.6 Å². The van der Waals surface area contributed by atoms with Crippen LogP contribution in [0.2, 0.25) is 0 Å². The molecule has 0 aliphatic carbocycles. The van der Waals surface area contributed by atoms with E-state index in [1.54, 1.807) is 18.4 Å². The van der Waals surface area contributed by atoms with E-state index in [4.69, 9.17) is 10.6 Å². The second-order valence-electron chi connectivity index (χ2n) is 3.24. The van der Waals surface area contributed by atoms with Crippen molar-refractivity contribution < 1.29 is 4.74 Å². The van der Waals surface area contributed by atoms with Gasteiger partial charge in [0.05, 0.1) is 19.3 Å². The number of nitrogens with two attached hydrogens (primary N) is 1. The van der Waals surface area contributed by atoms with Gasteiger partial charge in [-0.1, -0.05) is 0 Å². The van der Waals surface area contributed by atoms with Crippen LogP contribution >= 0.6 is 11.3 Å². The van der Waals surface area contributed by atoms with Crippen LogP contribution in [0, 0.1) is 0 Å². The Morgan fingerprint density at radius 3 is 2.75 bits per heavy atom. The number of hydrazine groups is 1.